The van der Waals surface area contributed by atoms with Crippen LogP contribution in [-0.2, 0) is 25.5 Å². The quantitative estimate of drug-likeness (QED) is 0.116. The van der Waals surface area contributed by atoms with Gasteiger partial charge in [0.05, 0.1) is 24.7 Å². The van der Waals surface area contributed by atoms with Gasteiger partial charge in [0.1, 0.15) is 33.2 Å². The SMILES string of the molecule is CC(C)(c1cccc(N(c2[c-]cccc2)c2[c-]cccc2)n1)c1ccn(-c2ccccc2O)n1.[Ir].c1ccc([PH+](c2ccccc2)c2ccccc2)cc1. The number of hydrogen-bond acceptors (Lipinski definition) is 4. The maximum Gasteiger partial charge on any atom is 0.141 e. The molecule has 2 heterocycles. The number of benzene rings is 6. The van der Waals surface area contributed by atoms with Crippen molar-refractivity contribution in [1.82, 2.24) is 14.8 Å². The fourth-order valence-electron chi connectivity index (χ4n) is 6.21. The largest absolute Gasteiger partial charge is 0.506 e. The zero-order valence-corrected chi connectivity index (χ0v) is 33.4. The molecule has 1 N–H and O–H groups in total. The van der Waals surface area contributed by atoms with Gasteiger partial charge in [-0.2, -0.15) is 53.6 Å². The Morgan fingerprint density at radius 2 is 1.06 bits per heavy atom. The van der Waals surface area contributed by atoms with Crippen LogP contribution in [-0.4, -0.2) is 19.9 Å². The number of phenolic OH excluding ortho intramolecular Hbond substituents is 1. The number of pyridine rings is 1. The molecule has 54 heavy (non-hydrogen) atoms. The van der Waals surface area contributed by atoms with Crippen LogP contribution in [0.4, 0.5) is 17.2 Å². The van der Waals surface area contributed by atoms with Crippen molar-refractivity contribution >= 4 is 41.0 Å². The van der Waals surface area contributed by atoms with E-state index in [0.717, 1.165) is 28.6 Å². The summed E-state index contributed by atoms with van der Waals surface area (Å²) in [5.74, 6) is 0.958. The first-order valence-corrected chi connectivity index (χ1v) is 19.1. The van der Waals surface area contributed by atoms with Gasteiger partial charge in [-0.25, -0.2) is 9.67 Å². The van der Waals surface area contributed by atoms with E-state index in [-0.39, 0.29) is 25.9 Å². The second-order valence-corrected chi connectivity index (χ2v) is 15.4. The van der Waals surface area contributed by atoms with Gasteiger partial charge >= 0.3 is 0 Å². The molecule has 0 aliphatic carbocycles. The van der Waals surface area contributed by atoms with Gasteiger partial charge in [0.25, 0.3) is 0 Å². The first-order chi connectivity index (χ1) is 26.0. The van der Waals surface area contributed by atoms with E-state index in [1.165, 1.54) is 15.9 Å². The van der Waals surface area contributed by atoms with Gasteiger partial charge in [0, 0.05) is 26.3 Å². The summed E-state index contributed by atoms with van der Waals surface area (Å²) < 4.78 is 1.69. The van der Waals surface area contributed by atoms with E-state index in [4.69, 9.17) is 10.1 Å². The summed E-state index contributed by atoms with van der Waals surface area (Å²) in [5.41, 5.74) is 3.66. The van der Waals surface area contributed by atoms with Gasteiger partial charge in [-0.15, -0.1) is 12.1 Å². The number of para-hydroxylation sites is 4. The van der Waals surface area contributed by atoms with Crippen LogP contribution in [0.1, 0.15) is 25.2 Å². The monoisotopic (exact) mass is 900 g/mol. The molecule has 0 aliphatic heterocycles. The molecule has 8 aromatic rings. The molecule has 0 aliphatic rings. The Bertz CT molecular complexity index is 2210. The Morgan fingerprint density at radius 3 is 1.56 bits per heavy atom. The third-order valence-electron chi connectivity index (χ3n) is 9.02. The topological polar surface area (TPSA) is 54.2 Å². The molecule has 0 saturated carbocycles. The number of phenols is 1. The second-order valence-electron chi connectivity index (χ2n) is 12.9. The molecule has 0 unspecified atom stereocenters. The van der Waals surface area contributed by atoms with Gasteiger partial charge in [-0.3, -0.25) is 0 Å². The summed E-state index contributed by atoms with van der Waals surface area (Å²) in [4.78, 5) is 7.10. The Balaban J connectivity index is 0.000000211. The number of rotatable bonds is 9. The van der Waals surface area contributed by atoms with Crippen molar-refractivity contribution in [2.45, 2.75) is 19.3 Å². The van der Waals surface area contributed by atoms with E-state index in [1.54, 1.807) is 16.8 Å². The minimum atomic E-state index is -0.877. The number of aromatic nitrogens is 3. The molecule has 1 radical (unpaired) electrons. The minimum absolute atomic E-state index is 0. The smallest absolute Gasteiger partial charge is 0.141 e. The number of nitrogens with zero attached hydrogens (tertiary/aromatic N) is 4. The molecule has 269 valence electrons. The normalized spacial score (nSPS) is 10.9. The Morgan fingerprint density at radius 1 is 0.556 bits per heavy atom. The molecule has 6 aromatic carbocycles. The van der Waals surface area contributed by atoms with E-state index in [9.17, 15) is 5.11 Å². The average Bonchev–Trinajstić information content (AvgIpc) is 3.72. The maximum atomic E-state index is 10.2. The number of anilines is 3. The number of hydrogen-bond donors (Lipinski definition) is 1. The summed E-state index contributed by atoms with van der Waals surface area (Å²) in [6, 6.07) is 69.9. The summed E-state index contributed by atoms with van der Waals surface area (Å²) in [6.45, 7) is 4.20. The number of aromatic hydroxyl groups is 1. The van der Waals surface area contributed by atoms with E-state index >= 15 is 0 Å². The van der Waals surface area contributed by atoms with Crippen LogP contribution >= 0.6 is 7.92 Å². The zero-order valence-electron chi connectivity index (χ0n) is 30.0. The maximum absolute atomic E-state index is 10.2. The average molecular weight is 900 g/mol. The van der Waals surface area contributed by atoms with Crippen molar-refractivity contribution in [1.29, 1.82) is 0 Å². The van der Waals surface area contributed by atoms with Crippen LogP contribution in [0.5, 0.6) is 5.75 Å². The predicted molar refractivity (Wildman–Crippen MR) is 220 cm³/mol. The standard InChI is InChI=1S/C29H24N4O.C18H15P.Ir/c1-29(2,27-20-21-32(31-27)24-16-9-10-17-25(24)34)26-18-11-19-28(30-26)33(22-12-5-3-6-13-22)23-14-7-4-8-15-23;1-4-10-16(11-5-1)19(17-12-6-2-7-13-17)18-14-8-3-9-15-18;/h3-12,14,16-21,34H,1-2H3;1-15H;/q-2;;/p+1. The van der Waals surface area contributed by atoms with Crippen molar-refractivity contribution in [2.75, 3.05) is 4.90 Å². The molecule has 0 bridgehead atoms. The Hall–Kier alpha value is -5.64. The molecule has 2 aromatic heterocycles. The van der Waals surface area contributed by atoms with E-state index < -0.39 is 13.3 Å². The van der Waals surface area contributed by atoms with Crippen LogP contribution in [0.2, 0.25) is 0 Å². The third-order valence-corrected chi connectivity index (χ3v) is 11.7. The third kappa shape index (κ3) is 8.76. The molecule has 0 saturated heterocycles. The molecule has 0 spiro atoms. The zero-order chi connectivity index (χ0) is 36.5. The van der Waals surface area contributed by atoms with Crippen LogP contribution in [0.3, 0.4) is 0 Å². The first kappa shape index (κ1) is 38.1. The Kier molecular flexibility index (Phi) is 12.6. The molecule has 5 nitrogen and oxygen atoms in total. The molecular formula is C47H40IrN4OP-. The molecular weight excluding hydrogens is 860 g/mol. The van der Waals surface area contributed by atoms with E-state index in [1.807, 2.05) is 96.0 Å². The first-order valence-electron chi connectivity index (χ1n) is 17.6. The van der Waals surface area contributed by atoms with E-state index in [0.29, 0.717) is 5.69 Å². The van der Waals surface area contributed by atoms with Crippen LogP contribution in [0.15, 0.2) is 194 Å². The minimum Gasteiger partial charge on any atom is -0.506 e. The molecule has 7 heteroatoms. The molecule has 0 atom stereocenters. The molecule has 0 amide bonds. The van der Waals surface area contributed by atoms with Gasteiger partial charge in [0.2, 0.25) is 0 Å². The van der Waals surface area contributed by atoms with Gasteiger partial charge in [-0.1, -0.05) is 84.2 Å². The van der Waals surface area contributed by atoms with Crippen molar-refractivity contribution in [3.05, 3.63) is 218 Å². The van der Waals surface area contributed by atoms with Crippen LogP contribution < -0.4 is 20.8 Å². The van der Waals surface area contributed by atoms with Gasteiger partial charge < -0.3 is 10.0 Å². The molecule has 8 rings (SSSR count). The van der Waals surface area contributed by atoms with Gasteiger partial charge in [-0.05, 0) is 80.6 Å². The summed E-state index contributed by atoms with van der Waals surface area (Å²) in [7, 11) is -0.877. The second kappa shape index (κ2) is 17.9. The van der Waals surface area contributed by atoms with Gasteiger partial charge in [0.15, 0.2) is 0 Å². The summed E-state index contributed by atoms with van der Waals surface area (Å²) in [6.07, 6.45) is 1.86. The molecule has 0 fully saturated rings. The predicted octanol–water partition coefficient (Wildman–Crippen LogP) is 9.54. The van der Waals surface area contributed by atoms with Crippen molar-refractivity contribution in [3.63, 3.8) is 0 Å². The fourth-order valence-corrected chi connectivity index (χ4v) is 8.79. The Labute approximate surface area is 332 Å². The van der Waals surface area contributed by atoms with Crippen molar-refractivity contribution in [3.8, 4) is 11.4 Å². The fraction of sp³-hybridized carbons (Fsp3) is 0.0638. The van der Waals surface area contributed by atoms with E-state index in [2.05, 4.69) is 117 Å². The summed E-state index contributed by atoms with van der Waals surface area (Å²) in [5, 5.41) is 19.3. The summed E-state index contributed by atoms with van der Waals surface area (Å²) >= 11 is 0. The van der Waals surface area contributed by atoms with Crippen LogP contribution in [0, 0.1) is 12.1 Å². The van der Waals surface area contributed by atoms with Crippen molar-refractivity contribution < 1.29 is 25.2 Å². The van der Waals surface area contributed by atoms with Crippen LogP contribution in [0.25, 0.3) is 5.69 Å². The van der Waals surface area contributed by atoms with Crippen molar-refractivity contribution in [2.24, 2.45) is 0 Å².